The second-order valence-electron chi connectivity index (χ2n) is 8.22. The Labute approximate surface area is 199 Å². The van der Waals surface area contributed by atoms with Gasteiger partial charge in [-0.05, 0) is 44.2 Å². The van der Waals surface area contributed by atoms with Crippen LogP contribution in [0.25, 0.3) is 33.8 Å². The molecule has 0 saturated heterocycles. The van der Waals surface area contributed by atoms with Crippen molar-refractivity contribution >= 4 is 0 Å². The number of hydrogen-bond donors (Lipinski definition) is 1. The highest BCUT2D eigenvalue weighted by Gasteiger charge is 2.21. The summed E-state index contributed by atoms with van der Waals surface area (Å²) in [5.41, 5.74) is 5.97. The Balaban J connectivity index is 0.00000133. The van der Waals surface area contributed by atoms with Crippen molar-refractivity contribution in [2.24, 2.45) is 7.05 Å². The molecule has 0 bridgehead atoms. The zero-order chi connectivity index (χ0) is 24.2. The van der Waals surface area contributed by atoms with E-state index in [-0.39, 0.29) is 11.9 Å². The van der Waals surface area contributed by atoms with Gasteiger partial charge in [0.15, 0.2) is 0 Å². The molecule has 5 rings (SSSR count). The van der Waals surface area contributed by atoms with E-state index < -0.39 is 0 Å². The van der Waals surface area contributed by atoms with Crippen molar-refractivity contribution in [2.45, 2.75) is 46.9 Å². The molecule has 34 heavy (non-hydrogen) atoms. The van der Waals surface area contributed by atoms with Gasteiger partial charge in [0.05, 0.1) is 35.9 Å². The predicted molar refractivity (Wildman–Crippen MR) is 132 cm³/mol. The molecule has 0 aliphatic carbocycles. The lowest BCUT2D eigenvalue weighted by Crippen LogP contribution is -2.28. The Morgan fingerprint density at radius 3 is 2.56 bits per heavy atom. The summed E-state index contributed by atoms with van der Waals surface area (Å²) in [5, 5.41) is 12.5. The van der Waals surface area contributed by atoms with E-state index in [1.807, 2.05) is 57.8 Å². The number of nitrogens with zero attached hydrogens (tertiary/aromatic N) is 5. The van der Waals surface area contributed by atoms with Gasteiger partial charge in [-0.3, -0.25) is 9.36 Å². The first-order valence-electron chi connectivity index (χ1n) is 11.7. The van der Waals surface area contributed by atoms with Gasteiger partial charge in [0.2, 0.25) is 0 Å². The number of rotatable bonds is 5. The van der Waals surface area contributed by atoms with Gasteiger partial charge < -0.3 is 10.1 Å². The quantitative estimate of drug-likeness (QED) is 0.449. The number of ether oxygens (including phenoxy) is 1. The molecule has 1 aliphatic heterocycles. The van der Waals surface area contributed by atoms with Crippen LogP contribution in [-0.4, -0.2) is 37.2 Å². The molecule has 4 heterocycles. The lowest BCUT2D eigenvalue weighted by Gasteiger charge is -2.16. The van der Waals surface area contributed by atoms with E-state index in [9.17, 15) is 4.39 Å². The van der Waals surface area contributed by atoms with E-state index in [1.165, 1.54) is 12.1 Å². The van der Waals surface area contributed by atoms with Crippen molar-refractivity contribution in [1.29, 1.82) is 0 Å². The highest BCUT2D eigenvalue weighted by atomic mass is 19.1. The van der Waals surface area contributed by atoms with E-state index in [0.717, 1.165) is 59.1 Å². The molecule has 1 N–H and O–H groups in total. The number of benzene rings is 1. The summed E-state index contributed by atoms with van der Waals surface area (Å²) < 4.78 is 23.8. The summed E-state index contributed by atoms with van der Waals surface area (Å²) in [5.74, 6) is 0.150. The Bertz CT molecular complexity index is 1250. The molecule has 0 unspecified atom stereocenters. The summed E-state index contributed by atoms with van der Waals surface area (Å²) in [7, 11) is 1.88. The smallest absolute Gasteiger partial charge is 0.130 e. The third-order valence-electron chi connectivity index (χ3n) is 5.40. The largest absolute Gasteiger partial charge is 0.490 e. The van der Waals surface area contributed by atoms with Crippen LogP contribution in [0.4, 0.5) is 4.39 Å². The molecule has 4 aromatic rings. The minimum Gasteiger partial charge on any atom is -0.490 e. The third-order valence-corrected chi connectivity index (χ3v) is 5.40. The Morgan fingerprint density at radius 1 is 1.06 bits per heavy atom. The van der Waals surface area contributed by atoms with E-state index in [0.29, 0.717) is 5.75 Å². The van der Waals surface area contributed by atoms with Crippen LogP contribution in [0.1, 0.15) is 33.4 Å². The Hall–Kier alpha value is -3.52. The molecule has 0 spiro atoms. The molecule has 1 aromatic carbocycles. The second kappa shape index (κ2) is 10.2. The van der Waals surface area contributed by atoms with Gasteiger partial charge in [-0.2, -0.15) is 10.2 Å². The van der Waals surface area contributed by atoms with Crippen molar-refractivity contribution in [1.82, 2.24) is 29.9 Å². The summed E-state index contributed by atoms with van der Waals surface area (Å²) >= 11 is 0. The third kappa shape index (κ3) is 4.87. The van der Waals surface area contributed by atoms with Crippen LogP contribution < -0.4 is 10.1 Å². The normalized spacial score (nSPS) is 12.8. The summed E-state index contributed by atoms with van der Waals surface area (Å²) in [6.45, 7) is 10.3. The lowest BCUT2D eigenvalue weighted by molar-refractivity contribution is 0.242. The van der Waals surface area contributed by atoms with Crippen LogP contribution in [0.5, 0.6) is 5.75 Å². The maximum Gasteiger partial charge on any atom is 0.130 e. The lowest BCUT2D eigenvalue weighted by atomic mass is 9.99. The first kappa shape index (κ1) is 23.6. The topological polar surface area (TPSA) is 69.8 Å². The van der Waals surface area contributed by atoms with Gasteiger partial charge in [-0.25, -0.2) is 9.37 Å². The number of halogens is 1. The molecule has 0 amide bonds. The summed E-state index contributed by atoms with van der Waals surface area (Å²) in [6, 6.07) is 10.6. The van der Waals surface area contributed by atoms with Crippen molar-refractivity contribution < 1.29 is 9.13 Å². The minimum absolute atomic E-state index is 0.0902. The Morgan fingerprint density at radius 2 is 1.85 bits per heavy atom. The van der Waals surface area contributed by atoms with Gasteiger partial charge in [0.25, 0.3) is 0 Å². The molecule has 8 heteroatoms. The van der Waals surface area contributed by atoms with E-state index >= 15 is 0 Å². The maximum absolute atomic E-state index is 14.1. The number of aromatic nitrogens is 5. The minimum atomic E-state index is -0.339. The molecule has 0 radical (unpaired) electrons. The zero-order valence-corrected chi connectivity index (χ0v) is 20.3. The number of pyridine rings is 1. The van der Waals surface area contributed by atoms with Crippen LogP contribution in [0.2, 0.25) is 0 Å². The second-order valence-corrected chi connectivity index (χ2v) is 8.22. The average molecular weight is 463 g/mol. The zero-order valence-electron chi connectivity index (χ0n) is 20.3. The van der Waals surface area contributed by atoms with Crippen molar-refractivity contribution in [2.75, 3.05) is 6.54 Å². The number of nitrogens with one attached hydrogen (secondary N) is 1. The molecular weight excluding hydrogens is 431 g/mol. The van der Waals surface area contributed by atoms with Crippen LogP contribution in [0.3, 0.4) is 0 Å². The molecule has 3 aromatic heterocycles. The molecular formula is C26H31FN6O. The molecule has 178 valence electrons. The molecule has 7 nitrogen and oxygen atoms in total. The van der Waals surface area contributed by atoms with E-state index in [2.05, 4.69) is 16.5 Å². The highest BCUT2D eigenvalue weighted by molar-refractivity contribution is 5.84. The standard InChI is InChI=1S/C24H25FN6O.C2H6/c1-15(2)32-23-10-17(25)4-5-19(23)20-6-7-21(16-12-27-30(3)14-16)28-24(20)22-11-18-13-26-8-9-31(18)29-22;1-2/h4-7,10-12,14-15,26H,8-9,13H2,1-3H3;1-2H3. The molecule has 0 saturated carbocycles. The van der Waals surface area contributed by atoms with Gasteiger partial charge in [0.1, 0.15) is 17.3 Å². The van der Waals surface area contributed by atoms with Gasteiger partial charge in [0, 0.05) is 49.1 Å². The number of hydrogen-bond acceptors (Lipinski definition) is 5. The van der Waals surface area contributed by atoms with Gasteiger partial charge in [-0.15, -0.1) is 0 Å². The first-order chi connectivity index (χ1) is 16.5. The van der Waals surface area contributed by atoms with Crippen molar-refractivity contribution in [3.63, 3.8) is 0 Å². The fourth-order valence-electron chi connectivity index (χ4n) is 3.96. The predicted octanol–water partition coefficient (Wildman–Crippen LogP) is 5.07. The molecule has 0 atom stereocenters. The highest BCUT2D eigenvalue weighted by Crippen LogP contribution is 2.38. The van der Waals surface area contributed by atoms with Crippen LogP contribution in [-0.2, 0) is 20.1 Å². The first-order valence-corrected chi connectivity index (χ1v) is 11.7. The maximum atomic E-state index is 14.1. The SMILES string of the molecule is CC.CC(C)Oc1cc(F)ccc1-c1ccc(-c2cnn(C)c2)nc1-c1cc2n(n1)CCNC2. The fourth-order valence-corrected chi connectivity index (χ4v) is 3.96. The van der Waals surface area contributed by atoms with Gasteiger partial charge in [-0.1, -0.05) is 13.8 Å². The van der Waals surface area contributed by atoms with Crippen LogP contribution in [0.15, 0.2) is 48.8 Å². The number of fused-ring (bicyclic) bond motifs is 1. The summed E-state index contributed by atoms with van der Waals surface area (Å²) in [4.78, 5) is 4.99. The average Bonchev–Trinajstić information content (AvgIpc) is 3.46. The van der Waals surface area contributed by atoms with E-state index in [4.69, 9.17) is 14.8 Å². The van der Waals surface area contributed by atoms with Crippen molar-refractivity contribution in [3.05, 3.63) is 60.3 Å². The monoisotopic (exact) mass is 462 g/mol. The van der Waals surface area contributed by atoms with E-state index in [1.54, 1.807) is 16.9 Å². The van der Waals surface area contributed by atoms with Crippen molar-refractivity contribution in [3.8, 4) is 39.5 Å². The fraction of sp³-hybridized carbons (Fsp3) is 0.346. The molecule has 0 fully saturated rings. The van der Waals surface area contributed by atoms with Gasteiger partial charge >= 0.3 is 0 Å². The van der Waals surface area contributed by atoms with Crippen LogP contribution >= 0.6 is 0 Å². The number of aryl methyl sites for hydroxylation is 1. The Kier molecular flexibility index (Phi) is 7.07. The summed E-state index contributed by atoms with van der Waals surface area (Å²) in [6.07, 6.45) is 3.63. The molecule has 1 aliphatic rings. The van der Waals surface area contributed by atoms with Crippen LogP contribution in [0, 0.1) is 5.82 Å².